The lowest BCUT2D eigenvalue weighted by atomic mass is 10.0. The molecule has 2 aromatic carbocycles. The first-order valence-electron chi connectivity index (χ1n) is 8.37. The van der Waals surface area contributed by atoms with Crippen molar-refractivity contribution < 1.29 is 13.2 Å². The van der Waals surface area contributed by atoms with Crippen LogP contribution in [0.1, 0.15) is 12.5 Å². The number of rotatable bonds is 5. The van der Waals surface area contributed by atoms with E-state index < -0.39 is 10.0 Å². The van der Waals surface area contributed by atoms with Gasteiger partial charge in [0.2, 0.25) is 5.91 Å². The highest BCUT2D eigenvalue weighted by molar-refractivity contribution is 7.92. The average Bonchev–Trinajstić information content (AvgIpc) is 2.63. The van der Waals surface area contributed by atoms with E-state index in [1.54, 1.807) is 36.7 Å². The molecule has 2 N–H and O–H groups in total. The lowest BCUT2D eigenvalue weighted by molar-refractivity contribution is -0.114. The fourth-order valence-electron chi connectivity index (χ4n) is 2.62. The van der Waals surface area contributed by atoms with E-state index >= 15 is 0 Å². The standard InChI is InChI=1S/C20H18ClN3O3S/c1-13-6-7-15(16-8-18(12-22-11-16)23-14(2)25)9-20(13)24-28(26,27)19-5-3-4-17(21)10-19/h3-12,24H,1-2H3,(H,23,25). The minimum atomic E-state index is -3.79. The molecular weight excluding hydrogens is 398 g/mol. The van der Waals surface area contributed by atoms with Gasteiger partial charge in [-0.15, -0.1) is 0 Å². The molecule has 1 heterocycles. The fraction of sp³-hybridized carbons (Fsp3) is 0.100. The zero-order valence-corrected chi connectivity index (χ0v) is 16.8. The SMILES string of the molecule is CC(=O)Nc1cncc(-c2ccc(C)c(NS(=O)(=O)c3cccc(Cl)c3)c2)c1. The molecule has 0 saturated carbocycles. The Hall–Kier alpha value is -2.90. The third-order valence-electron chi connectivity index (χ3n) is 3.98. The Morgan fingerprint density at radius 2 is 1.82 bits per heavy atom. The summed E-state index contributed by atoms with van der Waals surface area (Å²) in [5.74, 6) is -0.196. The van der Waals surface area contributed by atoms with Crippen molar-refractivity contribution in [3.8, 4) is 11.1 Å². The first-order valence-corrected chi connectivity index (χ1v) is 10.2. The molecule has 0 unspecified atom stereocenters. The molecule has 0 atom stereocenters. The Labute approximate surface area is 168 Å². The number of carbonyl (C=O) groups excluding carboxylic acids is 1. The molecule has 8 heteroatoms. The van der Waals surface area contributed by atoms with E-state index in [-0.39, 0.29) is 10.8 Å². The highest BCUT2D eigenvalue weighted by Crippen LogP contribution is 2.28. The van der Waals surface area contributed by atoms with Crippen LogP contribution >= 0.6 is 11.6 Å². The van der Waals surface area contributed by atoms with Gasteiger partial charge in [0.1, 0.15) is 0 Å². The molecule has 0 spiro atoms. The van der Waals surface area contributed by atoms with E-state index in [9.17, 15) is 13.2 Å². The third-order valence-corrected chi connectivity index (χ3v) is 5.58. The second-order valence-corrected chi connectivity index (χ2v) is 8.35. The van der Waals surface area contributed by atoms with Gasteiger partial charge < -0.3 is 5.32 Å². The van der Waals surface area contributed by atoms with Gasteiger partial charge in [-0.2, -0.15) is 0 Å². The molecule has 6 nitrogen and oxygen atoms in total. The zero-order valence-electron chi connectivity index (χ0n) is 15.2. The second kappa shape index (κ2) is 8.00. The quantitative estimate of drug-likeness (QED) is 0.643. The molecule has 1 aromatic heterocycles. The number of aromatic nitrogens is 1. The van der Waals surface area contributed by atoms with Crippen molar-refractivity contribution in [3.05, 3.63) is 71.5 Å². The Kier molecular flexibility index (Phi) is 5.67. The van der Waals surface area contributed by atoms with Gasteiger partial charge >= 0.3 is 0 Å². The normalized spacial score (nSPS) is 11.1. The van der Waals surface area contributed by atoms with Crippen LogP contribution < -0.4 is 10.0 Å². The number of nitrogens with zero attached hydrogens (tertiary/aromatic N) is 1. The van der Waals surface area contributed by atoms with Crippen LogP contribution in [-0.2, 0) is 14.8 Å². The van der Waals surface area contributed by atoms with Crippen LogP contribution in [0.5, 0.6) is 0 Å². The highest BCUT2D eigenvalue weighted by atomic mass is 35.5. The van der Waals surface area contributed by atoms with Gasteiger partial charge in [0.25, 0.3) is 10.0 Å². The largest absolute Gasteiger partial charge is 0.325 e. The van der Waals surface area contributed by atoms with Crippen molar-refractivity contribution in [1.82, 2.24) is 4.98 Å². The summed E-state index contributed by atoms with van der Waals surface area (Å²) in [4.78, 5) is 15.5. The van der Waals surface area contributed by atoms with Crippen molar-refractivity contribution in [2.75, 3.05) is 10.0 Å². The van der Waals surface area contributed by atoms with E-state index in [1.165, 1.54) is 19.1 Å². The van der Waals surface area contributed by atoms with Crippen molar-refractivity contribution in [1.29, 1.82) is 0 Å². The predicted molar refractivity (Wildman–Crippen MR) is 111 cm³/mol. The number of aryl methyl sites for hydroxylation is 1. The molecular formula is C20H18ClN3O3S. The Morgan fingerprint density at radius 1 is 1.04 bits per heavy atom. The first kappa shape index (κ1) is 19.9. The lowest BCUT2D eigenvalue weighted by Gasteiger charge is -2.13. The number of carbonyl (C=O) groups is 1. The molecule has 0 aliphatic rings. The molecule has 0 radical (unpaired) electrons. The molecule has 0 aliphatic carbocycles. The summed E-state index contributed by atoms with van der Waals surface area (Å²) in [5, 5.41) is 3.02. The summed E-state index contributed by atoms with van der Waals surface area (Å²) in [6, 6.07) is 13.2. The number of anilines is 2. The highest BCUT2D eigenvalue weighted by Gasteiger charge is 2.16. The van der Waals surface area contributed by atoms with Gasteiger partial charge in [-0.1, -0.05) is 29.8 Å². The van der Waals surface area contributed by atoms with Crippen LogP contribution in [0.3, 0.4) is 0 Å². The van der Waals surface area contributed by atoms with Gasteiger partial charge in [-0.05, 0) is 48.4 Å². The van der Waals surface area contributed by atoms with Gasteiger partial charge in [0.15, 0.2) is 0 Å². The Bertz CT molecular complexity index is 1150. The summed E-state index contributed by atoms with van der Waals surface area (Å²) < 4.78 is 28.0. The molecule has 0 aliphatic heterocycles. The monoisotopic (exact) mass is 415 g/mol. The maximum absolute atomic E-state index is 12.7. The summed E-state index contributed by atoms with van der Waals surface area (Å²) in [5.41, 5.74) is 3.28. The fourth-order valence-corrected chi connectivity index (χ4v) is 4.04. The maximum atomic E-state index is 12.7. The van der Waals surface area contributed by atoms with Gasteiger partial charge in [0, 0.05) is 23.7 Å². The number of amides is 1. The van der Waals surface area contributed by atoms with Crippen LogP contribution in [0, 0.1) is 6.92 Å². The maximum Gasteiger partial charge on any atom is 0.261 e. The summed E-state index contributed by atoms with van der Waals surface area (Å²) in [6.07, 6.45) is 3.19. The Balaban J connectivity index is 1.95. The summed E-state index contributed by atoms with van der Waals surface area (Å²) in [6.45, 7) is 3.23. The summed E-state index contributed by atoms with van der Waals surface area (Å²) in [7, 11) is -3.79. The molecule has 1 amide bonds. The van der Waals surface area contributed by atoms with Crippen LogP contribution in [0.4, 0.5) is 11.4 Å². The number of hydrogen-bond acceptors (Lipinski definition) is 4. The summed E-state index contributed by atoms with van der Waals surface area (Å²) >= 11 is 5.91. The molecule has 28 heavy (non-hydrogen) atoms. The van der Waals surface area contributed by atoms with E-state index in [2.05, 4.69) is 15.0 Å². The van der Waals surface area contributed by atoms with Crippen molar-refractivity contribution >= 4 is 38.9 Å². The number of halogens is 1. The van der Waals surface area contributed by atoms with Crippen LogP contribution in [0.25, 0.3) is 11.1 Å². The van der Waals surface area contributed by atoms with Crippen LogP contribution in [-0.4, -0.2) is 19.3 Å². The van der Waals surface area contributed by atoms with Crippen molar-refractivity contribution in [2.24, 2.45) is 0 Å². The molecule has 0 bridgehead atoms. The molecule has 3 aromatic rings. The molecule has 0 fully saturated rings. The second-order valence-electron chi connectivity index (χ2n) is 6.24. The third kappa shape index (κ3) is 4.68. The molecule has 144 valence electrons. The predicted octanol–water partition coefficient (Wildman–Crippen LogP) is 4.47. The topological polar surface area (TPSA) is 88.2 Å². The molecule has 0 saturated heterocycles. The number of hydrogen-bond donors (Lipinski definition) is 2. The van der Waals surface area contributed by atoms with E-state index in [0.29, 0.717) is 16.4 Å². The molecule has 3 rings (SSSR count). The minimum Gasteiger partial charge on any atom is -0.325 e. The Morgan fingerprint density at radius 3 is 2.54 bits per heavy atom. The van der Waals surface area contributed by atoms with Crippen molar-refractivity contribution in [2.45, 2.75) is 18.7 Å². The number of nitrogens with one attached hydrogen (secondary N) is 2. The van der Waals surface area contributed by atoms with E-state index in [0.717, 1.165) is 16.7 Å². The zero-order chi connectivity index (χ0) is 20.3. The number of pyridine rings is 1. The smallest absolute Gasteiger partial charge is 0.261 e. The van der Waals surface area contributed by atoms with E-state index in [1.807, 2.05) is 19.1 Å². The van der Waals surface area contributed by atoms with Crippen LogP contribution in [0.15, 0.2) is 65.8 Å². The first-order chi connectivity index (χ1) is 13.2. The van der Waals surface area contributed by atoms with Gasteiger partial charge in [-0.3, -0.25) is 14.5 Å². The number of benzene rings is 2. The minimum absolute atomic E-state index is 0.0825. The van der Waals surface area contributed by atoms with Gasteiger partial charge in [0.05, 0.1) is 22.5 Å². The van der Waals surface area contributed by atoms with Gasteiger partial charge in [-0.25, -0.2) is 8.42 Å². The van der Waals surface area contributed by atoms with Crippen LogP contribution in [0.2, 0.25) is 5.02 Å². The van der Waals surface area contributed by atoms with E-state index in [4.69, 9.17) is 11.6 Å². The van der Waals surface area contributed by atoms with Crippen molar-refractivity contribution in [3.63, 3.8) is 0 Å². The number of sulfonamides is 1. The lowest BCUT2D eigenvalue weighted by Crippen LogP contribution is -2.13. The average molecular weight is 416 g/mol.